The van der Waals surface area contributed by atoms with Gasteiger partial charge in [0.2, 0.25) is 0 Å². The Hall–Kier alpha value is -0.0905. The number of rotatable bonds is 5. The molecule has 60 valence electrons. The number of carboxylic acids is 1. The molecule has 1 unspecified atom stereocenters. The Morgan fingerprint density at radius 1 is 1.80 bits per heavy atom. The first-order valence-corrected chi connectivity index (χ1v) is 5.76. The molecule has 0 aromatic heterocycles. The van der Waals surface area contributed by atoms with Crippen molar-refractivity contribution < 1.29 is 15.1 Å². The van der Waals surface area contributed by atoms with Crippen molar-refractivity contribution in [3.63, 3.8) is 0 Å². The molecule has 0 aromatic rings. The molecule has 0 spiro atoms. The molecule has 0 saturated carbocycles. The summed E-state index contributed by atoms with van der Waals surface area (Å²) in [7, 11) is 0. The van der Waals surface area contributed by atoms with Crippen LogP contribution in [0.15, 0.2) is 0 Å². The van der Waals surface area contributed by atoms with E-state index < -0.39 is 12.0 Å². The number of carboxylic acid groups (broad SMARTS) is 1. The van der Waals surface area contributed by atoms with E-state index in [-0.39, 0.29) is 0 Å². The molecule has 1 atom stereocenters. The van der Waals surface area contributed by atoms with Crippen LogP contribution in [0.3, 0.4) is 0 Å². The molecule has 0 aliphatic heterocycles. The predicted molar refractivity (Wildman–Crippen MR) is 37.4 cm³/mol. The van der Waals surface area contributed by atoms with Crippen LogP contribution in [0.2, 0.25) is 11.1 Å². The van der Waals surface area contributed by atoms with E-state index in [1.54, 1.807) is 5.48 Å². The van der Waals surface area contributed by atoms with Gasteiger partial charge in [-0.15, -0.1) is 0 Å². The van der Waals surface area contributed by atoms with Crippen molar-refractivity contribution in [1.29, 1.82) is 0 Å². The van der Waals surface area contributed by atoms with E-state index in [4.69, 9.17) is 10.3 Å². The van der Waals surface area contributed by atoms with Gasteiger partial charge in [-0.05, 0) is 0 Å². The van der Waals surface area contributed by atoms with E-state index >= 15 is 0 Å². The number of hydrogen-bond donors (Lipinski definition) is 3. The topological polar surface area (TPSA) is 69.6 Å². The average molecular weight is 212 g/mol. The van der Waals surface area contributed by atoms with E-state index in [1.807, 2.05) is 5.82 Å². The van der Waals surface area contributed by atoms with Crippen LogP contribution in [-0.4, -0.2) is 37.3 Å². The van der Waals surface area contributed by atoms with E-state index in [2.05, 4.69) is 0 Å². The zero-order valence-corrected chi connectivity index (χ0v) is 7.42. The predicted octanol–water partition coefficient (Wildman–Crippen LogP) is -0.0209. The van der Waals surface area contributed by atoms with Gasteiger partial charge in [0.05, 0.1) is 0 Å². The Morgan fingerprint density at radius 2 is 2.40 bits per heavy atom. The van der Waals surface area contributed by atoms with Crippen molar-refractivity contribution in [1.82, 2.24) is 5.48 Å². The van der Waals surface area contributed by atoms with Crippen LogP contribution in [0.4, 0.5) is 0 Å². The molecule has 10 heavy (non-hydrogen) atoms. The molecule has 0 aliphatic rings. The fraction of sp³-hybridized carbons (Fsp3) is 0.800. The molecule has 0 rings (SSSR count). The summed E-state index contributed by atoms with van der Waals surface area (Å²) < 4.78 is 0. The molecule has 0 fully saturated rings. The zero-order chi connectivity index (χ0) is 7.98. The van der Waals surface area contributed by atoms with Crippen molar-refractivity contribution in [2.45, 2.75) is 23.6 Å². The zero-order valence-electron chi connectivity index (χ0n) is 5.70. The fourth-order valence-electron chi connectivity index (χ4n) is 0.479. The maximum atomic E-state index is 10.2. The normalized spacial score (nSPS) is 13.0. The van der Waals surface area contributed by atoms with Crippen LogP contribution in [0, 0.1) is 0 Å². The Balaban J connectivity index is 3.50. The Labute approximate surface area is 65.7 Å². The van der Waals surface area contributed by atoms with Gasteiger partial charge in [0.1, 0.15) is 0 Å². The molecule has 0 saturated heterocycles. The summed E-state index contributed by atoms with van der Waals surface area (Å²) in [5.74, 6) is 1.04. The minimum atomic E-state index is -0.994. The van der Waals surface area contributed by atoms with Crippen LogP contribution in [0.1, 0.15) is 6.42 Å². The van der Waals surface area contributed by atoms with Crippen LogP contribution in [-0.2, 0) is 4.79 Å². The summed E-state index contributed by atoms with van der Waals surface area (Å²) >= 11 is 0.477. The molecule has 4 nitrogen and oxygen atoms in total. The molecule has 3 N–H and O–H groups in total. The van der Waals surface area contributed by atoms with Crippen molar-refractivity contribution >= 4 is 20.9 Å². The second-order valence-corrected chi connectivity index (χ2v) is 3.87. The first-order chi connectivity index (χ1) is 4.72. The van der Waals surface area contributed by atoms with Gasteiger partial charge < -0.3 is 0 Å². The average Bonchev–Trinajstić information content (AvgIpc) is 1.89. The molecule has 0 aliphatic carbocycles. The van der Waals surface area contributed by atoms with Gasteiger partial charge >= 0.3 is 65.1 Å². The molecule has 0 bridgehead atoms. The summed E-state index contributed by atoms with van der Waals surface area (Å²) in [6.07, 6.45) is 0.502. The molecule has 0 radical (unpaired) electrons. The molecular formula is C5H11NO3Se. The van der Waals surface area contributed by atoms with Crippen molar-refractivity contribution in [3.8, 4) is 0 Å². The number of aliphatic carboxylic acids is 1. The van der Waals surface area contributed by atoms with E-state index in [9.17, 15) is 4.79 Å². The number of carbonyl (C=O) groups is 1. The van der Waals surface area contributed by atoms with Gasteiger partial charge in [0, 0.05) is 0 Å². The Bertz CT molecular complexity index is 109. The third kappa shape index (κ3) is 3.85. The summed E-state index contributed by atoms with van der Waals surface area (Å²) in [6.45, 7) is 0. The number of nitrogens with one attached hydrogen (secondary N) is 1. The van der Waals surface area contributed by atoms with Crippen molar-refractivity contribution in [3.05, 3.63) is 0 Å². The van der Waals surface area contributed by atoms with E-state index in [0.717, 1.165) is 5.32 Å². The van der Waals surface area contributed by atoms with Gasteiger partial charge in [0.25, 0.3) is 0 Å². The van der Waals surface area contributed by atoms with Gasteiger partial charge in [0.15, 0.2) is 0 Å². The Morgan fingerprint density at radius 3 is 2.70 bits per heavy atom. The minimum absolute atomic E-state index is 0.477. The second-order valence-electron chi connectivity index (χ2n) is 1.80. The summed E-state index contributed by atoms with van der Waals surface area (Å²) in [6, 6.07) is -0.790. The molecule has 5 heteroatoms. The summed E-state index contributed by atoms with van der Waals surface area (Å²) in [5, 5.41) is 17.6. The standard InChI is InChI=1S/C5H11NO3Se/c1-10-3-2-4(6-9)5(7)8/h4,6,9H,2-3H2,1H3,(H,7,8). The van der Waals surface area contributed by atoms with Gasteiger partial charge in [-0.3, -0.25) is 0 Å². The monoisotopic (exact) mass is 213 g/mol. The third-order valence-corrected chi connectivity index (χ3v) is 2.42. The van der Waals surface area contributed by atoms with Crippen molar-refractivity contribution in [2.75, 3.05) is 0 Å². The van der Waals surface area contributed by atoms with Gasteiger partial charge in [-0.2, -0.15) is 0 Å². The molecular weight excluding hydrogens is 201 g/mol. The van der Waals surface area contributed by atoms with Crippen LogP contribution in [0.5, 0.6) is 0 Å². The first-order valence-electron chi connectivity index (χ1n) is 2.83. The second kappa shape index (κ2) is 5.68. The van der Waals surface area contributed by atoms with Gasteiger partial charge in [-0.1, -0.05) is 0 Å². The third-order valence-electron chi connectivity index (χ3n) is 1.06. The maximum absolute atomic E-state index is 10.2. The van der Waals surface area contributed by atoms with Crippen LogP contribution >= 0.6 is 0 Å². The van der Waals surface area contributed by atoms with Gasteiger partial charge in [-0.25, -0.2) is 0 Å². The molecule has 0 amide bonds. The SMILES string of the molecule is C[Se]CCC(NO)C(=O)O. The van der Waals surface area contributed by atoms with Crippen LogP contribution < -0.4 is 5.48 Å². The summed E-state index contributed by atoms with van der Waals surface area (Å²) in [5.41, 5.74) is 1.75. The summed E-state index contributed by atoms with van der Waals surface area (Å²) in [4.78, 5) is 10.2. The van der Waals surface area contributed by atoms with Crippen molar-refractivity contribution in [2.24, 2.45) is 0 Å². The molecule has 0 aromatic carbocycles. The quantitative estimate of drug-likeness (QED) is 0.442. The first kappa shape index (κ1) is 9.91. The van der Waals surface area contributed by atoms with E-state index in [1.165, 1.54) is 0 Å². The molecule has 0 heterocycles. The Kier molecular flexibility index (Phi) is 5.62. The number of hydrogen-bond acceptors (Lipinski definition) is 3. The fourth-order valence-corrected chi connectivity index (χ4v) is 1.47. The van der Waals surface area contributed by atoms with E-state index in [0.29, 0.717) is 21.4 Å². The number of hydroxylamine groups is 1. The van der Waals surface area contributed by atoms with Crippen LogP contribution in [0.25, 0.3) is 0 Å².